The van der Waals surface area contributed by atoms with E-state index in [0.717, 1.165) is 0 Å². The summed E-state index contributed by atoms with van der Waals surface area (Å²) in [5.74, 6) is 0.342. The van der Waals surface area contributed by atoms with Crippen molar-refractivity contribution in [1.82, 2.24) is 0 Å². The molecule has 0 aromatic heterocycles. The fourth-order valence-corrected chi connectivity index (χ4v) is 1.11. The minimum atomic E-state index is -0.560. The Labute approximate surface area is 80.7 Å². The maximum Gasteiger partial charge on any atom is 0.383 e. The summed E-state index contributed by atoms with van der Waals surface area (Å²) < 4.78 is 14.6. The molecule has 0 bridgehead atoms. The maximum absolute atomic E-state index is 11.1. The predicted octanol–water partition coefficient (Wildman–Crippen LogP) is 1.17. The van der Waals surface area contributed by atoms with Gasteiger partial charge in [0, 0.05) is 5.88 Å². The lowest BCUT2D eigenvalue weighted by atomic mass is 10.3. The first-order chi connectivity index (χ1) is 6.24. The molecule has 0 amide bonds. The number of rotatable bonds is 3. The van der Waals surface area contributed by atoms with Crippen LogP contribution in [0.2, 0.25) is 0 Å². The third-order valence-corrected chi connectivity index (χ3v) is 1.64. The molecular weight excluding hydrogens is 196 g/mol. The van der Waals surface area contributed by atoms with Crippen LogP contribution in [0.15, 0.2) is 23.4 Å². The van der Waals surface area contributed by atoms with Gasteiger partial charge in [0.1, 0.15) is 0 Å². The molecule has 0 fully saturated rings. The van der Waals surface area contributed by atoms with E-state index >= 15 is 0 Å². The monoisotopic (exact) mass is 204 g/mol. The predicted molar refractivity (Wildman–Crippen MR) is 45.9 cm³/mol. The smallest absolute Gasteiger partial charge is 0.383 e. The molecule has 1 aliphatic rings. The van der Waals surface area contributed by atoms with Gasteiger partial charge in [-0.15, -0.1) is 11.6 Å². The zero-order valence-electron chi connectivity index (χ0n) is 7.30. The highest BCUT2D eigenvalue weighted by Gasteiger charge is 2.32. The van der Waals surface area contributed by atoms with Crippen LogP contribution in [0.25, 0.3) is 0 Å². The second kappa shape index (κ2) is 4.18. The van der Waals surface area contributed by atoms with E-state index in [0.29, 0.717) is 5.76 Å². The Balaban J connectivity index is 3.02. The highest BCUT2D eigenvalue weighted by molar-refractivity contribution is 6.19. The summed E-state index contributed by atoms with van der Waals surface area (Å²) in [6.07, 6.45) is 1.53. The fraction of sp³-hybridized carbons (Fsp3) is 0.375. The van der Waals surface area contributed by atoms with Crippen molar-refractivity contribution in [3.05, 3.63) is 23.4 Å². The van der Waals surface area contributed by atoms with Crippen molar-refractivity contribution in [2.75, 3.05) is 20.1 Å². The van der Waals surface area contributed by atoms with Crippen molar-refractivity contribution >= 4 is 17.6 Å². The Morgan fingerprint density at radius 2 is 2.00 bits per heavy atom. The van der Waals surface area contributed by atoms with Crippen molar-refractivity contribution in [1.29, 1.82) is 0 Å². The quantitative estimate of drug-likeness (QED) is 0.511. The van der Waals surface area contributed by atoms with E-state index < -0.39 is 5.97 Å². The van der Waals surface area contributed by atoms with Gasteiger partial charge in [-0.05, 0) is 6.08 Å². The van der Waals surface area contributed by atoms with Crippen LogP contribution in [0.1, 0.15) is 0 Å². The molecule has 4 nitrogen and oxygen atoms in total. The molecule has 1 heterocycles. The minimum absolute atomic E-state index is 0.0684. The molecule has 13 heavy (non-hydrogen) atoms. The van der Waals surface area contributed by atoms with Crippen LogP contribution in [0.4, 0.5) is 0 Å². The van der Waals surface area contributed by atoms with Crippen molar-refractivity contribution in [3.8, 4) is 0 Å². The molecule has 0 spiro atoms. The molecule has 0 atom stereocenters. The van der Waals surface area contributed by atoms with Crippen LogP contribution in [0.5, 0.6) is 0 Å². The van der Waals surface area contributed by atoms with E-state index in [4.69, 9.17) is 25.8 Å². The normalized spacial score (nSPS) is 19.3. The first kappa shape index (κ1) is 9.92. The summed E-state index contributed by atoms with van der Waals surface area (Å²) in [4.78, 5) is 11.1. The number of halogens is 1. The van der Waals surface area contributed by atoms with Gasteiger partial charge < -0.3 is 14.2 Å². The van der Waals surface area contributed by atoms with E-state index in [1.165, 1.54) is 20.3 Å². The summed E-state index contributed by atoms with van der Waals surface area (Å²) in [6.45, 7) is 0. The Morgan fingerprint density at radius 1 is 1.38 bits per heavy atom. The summed E-state index contributed by atoms with van der Waals surface area (Å²) in [5, 5.41) is 0. The topological polar surface area (TPSA) is 44.8 Å². The SMILES string of the molecule is COC1=C(OC)C(=CCCl)OC1=O. The van der Waals surface area contributed by atoms with Crippen LogP contribution in [-0.4, -0.2) is 26.1 Å². The third kappa shape index (κ3) is 1.78. The largest absolute Gasteiger partial charge is 0.490 e. The molecule has 0 aliphatic carbocycles. The molecule has 1 rings (SSSR count). The molecule has 72 valence electrons. The highest BCUT2D eigenvalue weighted by Crippen LogP contribution is 2.26. The zero-order valence-corrected chi connectivity index (χ0v) is 8.05. The summed E-state index contributed by atoms with van der Waals surface area (Å²) in [6, 6.07) is 0. The number of carbonyl (C=O) groups excluding carboxylic acids is 1. The Bertz CT molecular complexity index is 280. The van der Waals surface area contributed by atoms with Crippen LogP contribution in [0, 0.1) is 0 Å². The van der Waals surface area contributed by atoms with Crippen LogP contribution in [-0.2, 0) is 19.0 Å². The van der Waals surface area contributed by atoms with E-state index in [1.807, 2.05) is 0 Å². The first-order valence-corrected chi connectivity index (χ1v) is 4.09. The van der Waals surface area contributed by atoms with Gasteiger partial charge in [-0.25, -0.2) is 4.79 Å². The second-order valence-electron chi connectivity index (χ2n) is 2.18. The van der Waals surface area contributed by atoms with Gasteiger partial charge in [-0.3, -0.25) is 0 Å². The van der Waals surface area contributed by atoms with Gasteiger partial charge in [-0.2, -0.15) is 0 Å². The molecule has 0 saturated heterocycles. The van der Waals surface area contributed by atoms with Gasteiger partial charge in [0.25, 0.3) is 5.76 Å². The lowest BCUT2D eigenvalue weighted by Crippen LogP contribution is -2.00. The van der Waals surface area contributed by atoms with Crippen LogP contribution >= 0.6 is 11.6 Å². The highest BCUT2D eigenvalue weighted by atomic mass is 35.5. The molecule has 0 aromatic rings. The number of methoxy groups -OCH3 is 2. The van der Waals surface area contributed by atoms with E-state index in [-0.39, 0.29) is 17.4 Å². The molecule has 1 aliphatic heterocycles. The van der Waals surface area contributed by atoms with E-state index in [1.54, 1.807) is 0 Å². The van der Waals surface area contributed by atoms with Gasteiger partial charge in [0.15, 0.2) is 5.76 Å². The van der Waals surface area contributed by atoms with Crippen molar-refractivity contribution in [3.63, 3.8) is 0 Å². The molecule has 0 saturated carbocycles. The van der Waals surface area contributed by atoms with Crippen molar-refractivity contribution in [2.24, 2.45) is 0 Å². The average Bonchev–Trinajstić information content (AvgIpc) is 2.41. The first-order valence-electron chi connectivity index (χ1n) is 3.55. The number of esters is 1. The number of allylic oxidation sites excluding steroid dienone is 1. The Hall–Kier alpha value is -1.16. The van der Waals surface area contributed by atoms with E-state index in [9.17, 15) is 4.79 Å². The van der Waals surface area contributed by atoms with Crippen LogP contribution < -0.4 is 0 Å². The Kier molecular flexibility index (Phi) is 3.19. The third-order valence-electron chi connectivity index (χ3n) is 1.49. The molecule has 0 aromatic carbocycles. The lowest BCUT2D eigenvalue weighted by Gasteiger charge is -2.00. The van der Waals surface area contributed by atoms with Crippen molar-refractivity contribution < 1.29 is 19.0 Å². The number of hydrogen-bond acceptors (Lipinski definition) is 4. The lowest BCUT2D eigenvalue weighted by molar-refractivity contribution is -0.136. The number of carbonyl (C=O) groups is 1. The van der Waals surface area contributed by atoms with Crippen LogP contribution in [0.3, 0.4) is 0 Å². The number of cyclic esters (lactones) is 1. The summed E-state index contributed by atoms with van der Waals surface area (Å²) in [5.41, 5.74) is 0. The fourth-order valence-electron chi connectivity index (χ4n) is 0.971. The maximum atomic E-state index is 11.1. The van der Waals surface area contributed by atoms with Gasteiger partial charge in [-0.1, -0.05) is 0 Å². The standard InChI is InChI=1S/C8H9ClO4/c1-11-6-5(3-4-9)13-8(10)7(6)12-2/h3H,4H2,1-2H3. The van der Waals surface area contributed by atoms with Crippen molar-refractivity contribution in [2.45, 2.75) is 0 Å². The molecular formula is C8H9ClO4. The van der Waals surface area contributed by atoms with Gasteiger partial charge >= 0.3 is 5.97 Å². The number of alkyl halides is 1. The molecule has 0 unspecified atom stereocenters. The number of ether oxygens (including phenoxy) is 3. The summed E-state index contributed by atoms with van der Waals surface area (Å²) in [7, 11) is 2.80. The van der Waals surface area contributed by atoms with E-state index in [2.05, 4.69) is 0 Å². The second-order valence-corrected chi connectivity index (χ2v) is 2.49. The molecule has 5 heteroatoms. The molecule has 0 radical (unpaired) electrons. The number of hydrogen-bond donors (Lipinski definition) is 0. The van der Waals surface area contributed by atoms with Gasteiger partial charge in [0.2, 0.25) is 5.76 Å². The zero-order chi connectivity index (χ0) is 9.84. The Morgan fingerprint density at radius 3 is 2.46 bits per heavy atom. The van der Waals surface area contributed by atoms with Gasteiger partial charge in [0.05, 0.1) is 14.2 Å². The average molecular weight is 205 g/mol. The minimum Gasteiger partial charge on any atom is -0.490 e. The summed E-state index contributed by atoms with van der Waals surface area (Å²) >= 11 is 5.46. The molecule has 0 N–H and O–H groups in total.